The minimum Gasteiger partial charge on any atom is -0.507 e. The second-order valence-corrected chi connectivity index (χ2v) is 2.88. The fourth-order valence-corrected chi connectivity index (χ4v) is 1.07. The summed E-state index contributed by atoms with van der Waals surface area (Å²) in [5, 5.41) is 9.40. The number of nitrogens with zero attached hydrogens (tertiary/aromatic N) is 1. The van der Waals surface area contributed by atoms with Crippen molar-refractivity contribution in [1.82, 2.24) is 4.90 Å². The molecule has 0 aliphatic heterocycles. The zero-order valence-electron chi connectivity index (χ0n) is 7.90. The molecule has 0 aliphatic rings. The lowest BCUT2D eigenvalue weighted by Gasteiger charge is -2.14. The number of carbonyl (C=O) groups excluding carboxylic acids is 1. The molecule has 0 saturated carbocycles. The van der Waals surface area contributed by atoms with E-state index < -0.39 is 0 Å². The molecular weight excluding hydrogens is 178 g/mol. The summed E-state index contributed by atoms with van der Waals surface area (Å²) in [6.07, 6.45) is 5.08. The van der Waals surface area contributed by atoms with Gasteiger partial charge in [0, 0.05) is 7.05 Å². The van der Waals surface area contributed by atoms with Crippen molar-refractivity contribution in [3.8, 4) is 18.1 Å². The van der Waals surface area contributed by atoms with Gasteiger partial charge in [-0.05, 0) is 12.1 Å². The first-order chi connectivity index (χ1) is 6.66. The number of hydrogen-bond acceptors (Lipinski definition) is 2. The topological polar surface area (TPSA) is 40.5 Å². The molecule has 3 nitrogen and oxygen atoms in total. The van der Waals surface area contributed by atoms with Crippen LogP contribution in [0.3, 0.4) is 0 Å². The average Bonchev–Trinajstić information content (AvgIpc) is 2.18. The summed E-state index contributed by atoms with van der Waals surface area (Å²) >= 11 is 0. The number of benzene rings is 1. The van der Waals surface area contributed by atoms with Gasteiger partial charge in [0.15, 0.2) is 0 Å². The molecule has 1 aromatic rings. The zero-order chi connectivity index (χ0) is 10.6. The molecule has 72 valence electrons. The van der Waals surface area contributed by atoms with Crippen molar-refractivity contribution >= 4 is 5.91 Å². The lowest BCUT2D eigenvalue weighted by atomic mass is 10.2. The van der Waals surface area contributed by atoms with Crippen LogP contribution in [0, 0.1) is 12.3 Å². The van der Waals surface area contributed by atoms with Crippen LogP contribution in [-0.4, -0.2) is 29.5 Å². The first kappa shape index (κ1) is 10.1. The van der Waals surface area contributed by atoms with E-state index in [0.29, 0.717) is 0 Å². The third-order valence-electron chi connectivity index (χ3n) is 1.81. The van der Waals surface area contributed by atoms with Crippen LogP contribution in [0.15, 0.2) is 24.3 Å². The van der Waals surface area contributed by atoms with E-state index in [0.717, 1.165) is 0 Å². The summed E-state index contributed by atoms with van der Waals surface area (Å²) in [6.45, 7) is 0.229. The molecule has 0 radical (unpaired) electrons. The number of rotatable bonds is 2. The molecule has 0 aromatic heterocycles. The lowest BCUT2D eigenvalue weighted by molar-refractivity contribution is 0.0809. The van der Waals surface area contributed by atoms with Gasteiger partial charge in [0.05, 0.1) is 12.1 Å². The fourth-order valence-electron chi connectivity index (χ4n) is 1.07. The molecule has 0 heterocycles. The molecule has 0 saturated heterocycles. The molecule has 0 bridgehead atoms. The third-order valence-corrected chi connectivity index (χ3v) is 1.81. The van der Waals surface area contributed by atoms with Gasteiger partial charge in [0.1, 0.15) is 5.75 Å². The SMILES string of the molecule is C#CCN(C)C(=O)c1ccccc1O. The van der Waals surface area contributed by atoms with E-state index >= 15 is 0 Å². The van der Waals surface area contributed by atoms with Crippen LogP contribution in [0.5, 0.6) is 5.75 Å². The van der Waals surface area contributed by atoms with Crippen molar-refractivity contribution in [2.45, 2.75) is 0 Å². The summed E-state index contributed by atoms with van der Waals surface area (Å²) in [6, 6.07) is 6.38. The van der Waals surface area contributed by atoms with Crippen LogP contribution < -0.4 is 0 Å². The van der Waals surface area contributed by atoms with E-state index in [1.165, 1.54) is 11.0 Å². The van der Waals surface area contributed by atoms with Gasteiger partial charge in [-0.1, -0.05) is 18.1 Å². The molecule has 1 aromatic carbocycles. The van der Waals surface area contributed by atoms with Gasteiger partial charge in [-0.25, -0.2) is 0 Å². The van der Waals surface area contributed by atoms with Gasteiger partial charge < -0.3 is 10.0 Å². The number of hydrogen-bond donors (Lipinski definition) is 1. The number of amides is 1. The molecule has 0 atom stereocenters. The number of phenolic OH excluding ortho intramolecular Hbond substituents is 1. The van der Waals surface area contributed by atoms with E-state index in [9.17, 15) is 9.90 Å². The van der Waals surface area contributed by atoms with E-state index in [4.69, 9.17) is 6.42 Å². The summed E-state index contributed by atoms with van der Waals surface area (Å²) < 4.78 is 0. The minimum atomic E-state index is -0.277. The molecule has 0 aliphatic carbocycles. The minimum absolute atomic E-state index is 0.0265. The highest BCUT2D eigenvalue weighted by Crippen LogP contribution is 2.16. The van der Waals surface area contributed by atoms with E-state index in [-0.39, 0.29) is 23.8 Å². The number of para-hydroxylation sites is 1. The normalized spacial score (nSPS) is 9.14. The van der Waals surface area contributed by atoms with Crippen LogP contribution in [0.4, 0.5) is 0 Å². The molecule has 0 spiro atoms. The van der Waals surface area contributed by atoms with Crippen molar-refractivity contribution < 1.29 is 9.90 Å². The van der Waals surface area contributed by atoms with E-state index in [2.05, 4.69) is 5.92 Å². The van der Waals surface area contributed by atoms with Gasteiger partial charge in [0.25, 0.3) is 5.91 Å². The quantitative estimate of drug-likeness (QED) is 0.708. The Hall–Kier alpha value is -1.95. The Morgan fingerprint density at radius 1 is 1.57 bits per heavy atom. The van der Waals surface area contributed by atoms with Gasteiger partial charge in [0.2, 0.25) is 0 Å². The summed E-state index contributed by atoms with van der Waals surface area (Å²) in [5.41, 5.74) is 0.269. The Bertz CT molecular complexity index is 379. The predicted molar refractivity (Wildman–Crippen MR) is 53.9 cm³/mol. The number of terminal acetylenes is 1. The zero-order valence-corrected chi connectivity index (χ0v) is 7.90. The van der Waals surface area contributed by atoms with Crippen molar-refractivity contribution in [2.24, 2.45) is 0 Å². The van der Waals surface area contributed by atoms with Gasteiger partial charge in [-0.2, -0.15) is 0 Å². The molecule has 0 unspecified atom stereocenters. The average molecular weight is 189 g/mol. The maximum atomic E-state index is 11.6. The highest BCUT2D eigenvalue weighted by atomic mass is 16.3. The maximum absolute atomic E-state index is 11.6. The van der Waals surface area contributed by atoms with Crippen molar-refractivity contribution in [2.75, 3.05) is 13.6 Å². The van der Waals surface area contributed by atoms with Crippen LogP contribution in [0.1, 0.15) is 10.4 Å². The first-order valence-corrected chi connectivity index (χ1v) is 4.13. The van der Waals surface area contributed by atoms with E-state index in [1.807, 2.05) is 0 Å². The molecule has 1 N–H and O–H groups in total. The molecule has 0 fully saturated rings. The van der Waals surface area contributed by atoms with E-state index in [1.54, 1.807) is 25.2 Å². The molecule has 14 heavy (non-hydrogen) atoms. The molecule has 3 heteroatoms. The Morgan fingerprint density at radius 2 is 2.21 bits per heavy atom. The van der Waals surface area contributed by atoms with Crippen molar-refractivity contribution in [1.29, 1.82) is 0 Å². The third kappa shape index (κ3) is 2.05. The van der Waals surface area contributed by atoms with Crippen LogP contribution in [0.2, 0.25) is 0 Å². The smallest absolute Gasteiger partial charge is 0.258 e. The molecule has 1 rings (SSSR count). The first-order valence-electron chi connectivity index (χ1n) is 4.13. The largest absolute Gasteiger partial charge is 0.507 e. The van der Waals surface area contributed by atoms with Crippen LogP contribution in [-0.2, 0) is 0 Å². The Morgan fingerprint density at radius 3 is 2.79 bits per heavy atom. The Kier molecular flexibility index (Phi) is 3.14. The fraction of sp³-hybridized carbons (Fsp3) is 0.182. The summed E-state index contributed by atoms with van der Waals surface area (Å²) in [7, 11) is 1.59. The standard InChI is InChI=1S/C11H11NO2/c1-3-8-12(2)11(14)9-6-4-5-7-10(9)13/h1,4-7,13H,8H2,2H3. The predicted octanol–water partition coefficient (Wildman–Crippen LogP) is 1.10. The van der Waals surface area contributed by atoms with Crippen molar-refractivity contribution in [3.63, 3.8) is 0 Å². The number of phenols is 1. The summed E-state index contributed by atoms with van der Waals surface area (Å²) in [4.78, 5) is 13.0. The lowest BCUT2D eigenvalue weighted by Crippen LogP contribution is -2.26. The highest BCUT2D eigenvalue weighted by Gasteiger charge is 2.13. The van der Waals surface area contributed by atoms with Crippen molar-refractivity contribution in [3.05, 3.63) is 29.8 Å². The van der Waals surface area contributed by atoms with Gasteiger partial charge in [-0.15, -0.1) is 6.42 Å². The summed E-state index contributed by atoms with van der Waals surface area (Å²) in [5.74, 6) is 2.06. The monoisotopic (exact) mass is 189 g/mol. The molecule has 1 amide bonds. The Balaban J connectivity index is 2.91. The number of aromatic hydroxyl groups is 1. The Labute approximate surface area is 83.0 Å². The second-order valence-electron chi connectivity index (χ2n) is 2.88. The van der Waals surface area contributed by atoms with Crippen LogP contribution >= 0.6 is 0 Å². The van der Waals surface area contributed by atoms with Gasteiger partial charge in [-0.3, -0.25) is 4.79 Å². The second kappa shape index (κ2) is 4.33. The maximum Gasteiger partial charge on any atom is 0.258 e. The van der Waals surface area contributed by atoms with Gasteiger partial charge >= 0.3 is 0 Å². The number of carbonyl (C=O) groups is 1. The highest BCUT2D eigenvalue weighted by molar-refractivity contribution is 5.96. The molecular formula is C11H11NO2. The van der Waals surface area contributed by atoms with Crippen LogP contribution in [0.25, 0.3) is 0 Å².